The summed E-state index contributed by atoms with van der Waals surface area (Å²) in [6, 6.07) is 1.82. The number of hydrogen-bond donors (Lipinski definition) is 1. The number of aryl methyl sites for hydroxylation is 2. The number of halogens is 1. The normalized spacial score (nSPS) is 12.5. The van der Waals surface area contributed by atoms with Crippen molar-refractivity contribution >= 4 is 21.8 Å². The SMILES string of the molecule is CCn1nc(C)cc1C(=O)NCCC(C)Br. The van der Waals surface area contributed by atoms with Gasteiger partial charge in [0.1, 0.15) is 5.69 Å². The fourth-order valence-electron chi connectivity index (χ4n) is 1.44. The highest BCUT2D eigenvalue weighted by Gasteiger charge is 2.12. The van der Waals surface area contributed by atoms with Gasteiger partial charge in [-0.15, -0.1) is 0 Å². The Morgan fingerprint density at radius 2 is 2.38 bits per heavy atom. The molecule has 1 amide bonds. The number of carbonyl (C=O) groups excluding carboxylic acids is 1. The highest BCUT2D eigenvalue weighted by atomic mass is 79.9. The van der Waals surface area contributed by atoms with Crippen molar-refractivity contribution in [2.24, 2.45) is 0 Å². The number of rotatable bonds is 5. The average molecular weight is 288 g/mol. The second-order valence-corrected chi connectivity index (χ2v) is 5.38. The lowest BCUT2D eigenvalue weighted by molar-refractivity contribution is 0.0942. The zero-order valence-corrected chi connectivity index (χ0v) is 11.5. The number of nitrogens with zero attached hydrogens (tertiary/aromatic N) is 2. The van der Waals surface area contributed by atoms with Gasteiger partial charge in [-0.3, -0.25) is 9.48 Å². The summed E-state index contributed by atoms with van der Waals surface area (Å²) in [5.41, 5.74) is 1.52. The highest BCUT2D eigenvalue weighted by Crippen LogP contribution is 2.05. The quantitative estimate of drug-likeness (QED) is 0.844. The predicted molar refractivity (Wildman–Crippen MR) is 68.0 cm³/mol. The maximum Gasteiger partial charge on any atom is 0.269 e. The minimum atomic E-state index is -0.0457. The maximum atomic E-state index is 11.8. The van der Waals surface area contributed by atoms with Gasteiger partial charge in [0.05, 0.1) is 5.69 Å². The predicted octanol–water partition coefficient (Wildman–Crippen LogP) is 2.11. The molecule has 4 nitrogen and oxygen atoms in total. The molecule has 90 valence electrons. The van der Waals surface area contributed by atoms with Crippen molar-refractivity contribution in [1.82, 2.24) is 15.1 Å². The summed E-state index contributed by atoms with van der Waals surface area (Å²) >= 11 is 3.44. The fourth-order valence-corrected chi connectivity index (χ4v) is 1.67. The van der Waals surface area contributed by atoms with E-state index in [1.807, 2.05) is 19.9 Å². The molecular weight excluding hydrogens is 270 g/mol. The molecule has 0 aliphatic heterocycles. The first-order valence-electron chi connectivity index (χ1n) is 5.51. The Kier molecular flexibility index (Phi) is 4.99. The van der Waals surface area contributed by atoms with E-state index in [9.17, 15) is 4.79 Å². The van der Waals surface area contributed by atoms with Crippen LogP contribution >= 0.6 is 15.9 Å². The molecule has 0 aliphatic carbocycles. The van der Waals surface area contributed by atoms with Crippen LogP contribution in [0.25, 0.3) is 0 Å². The minimum Gasteiger partial charge on any atom is -0.351 e. The van der Waals surface area contributed by atoms with E-state index in [0.29, 0.717) is 23.6 Å². The maximum absolute atomic E-state index is 11.8. The summed E-state index contributed by atoms with van der Waals surface area (Å²) in [4.78, 5) is 12.3. The van der Waals surface area contributed by atoms with Gasteiger partial charge in [0.15, 0.2) is 0 Å². The largest absolute Gasteiger partial charge is 0.351 e. The van der Waals surface area contributed by atoms with Crippen molar-refractivity contribution in [1.29, 1.82) is 0 Å². The third-order valence-corrected chi connectivity index (χ3v) is 2.72. The van der Waals surface area contributed by atoms with E-state index >= 15 is 0 Å². The van der Waals surface area contributed by atoms with E-state index in [4.69, 9.17) is 0 Å². The lowest BCUT2D eigenvalue weighted by Crippen LogP contribution is -2.28. The Balaban J connectivity index is 2.58. The molecular formula is C11H18BrN3O. The molecule has 0 fully saturated rings. The van der Waals surface area contributed by atoms with E-state index in [2.05, 4.69) is 33.3 Å². The van der Waals surface area contributed by atoms with Crippen molar-refractivity contribution in [2.45, 2.75) is 38.6 Å². The first-order valence-corrected chi connectivity index (χ1v) is 6.43. The molecule has 16 heavy (non-hydrogen) atoms. The first kappa shape index (κ1) is 13.2. The van der Waals surface area contributed by atoms with Crippen LogP contribution in [0.2, 0.25) is 0 Å². The molecule has 0 saturated carbocycles. The fraction of sp³-hybridized carbons (Fsp3) is 0.636. The summed E-state index contributed by atoms with van der Waals surface area (Å²) in [5, 5.41) is 7.13. The number of aromatic nitrogens is 2. The second-order valence-electron chi connectivity index (χ2n) is 3.81. The van der Waals surface area contributed by atoms with Crippen LogP contribution < -0.4 is 5.32 Å². The van der Waals surface area contributed by atoms with Gasteiger partial charge in [0.2, 0.25) is 0 Å². The van der Waals surface area contributed by atoms with Crippen molar-refractivity contribution < 1.29 is 4.79 Å². The number of carbonyl (C=O) groups is 1. The average Bonchev–Trinajstić information content (AvgIpc) is 2.59. The Morgan fingerprint density at radius 1 is 1.69 bits per heavy atom. The summed E-state index contributed by atoms with van der Waals surface area (Å²) in [5.74, 6) is -0.0457. The smallest absolute Gasteiger partial charge is 0.269 e. The van der Waals surface area contributed by atoms with E-state index in [1.165, 1.54) is 0 Å². The molecule has 1 rings (SSSR count). The van der Waals surface area contributed by atoms with E-state index < -0.39 is 0 Å². The molecule has 0 spiro atoms. The van der Waals surface area contributed by atoms with Gasteiger partial charge in [-0.1, -0.05) is 22.9 Å². The van der Waals surface area contributed by atoms with Crippen molar-refractivity contribution in [3.63, 3.8) is 0 Å². The van der Waals surface area contributed by atoms with Gasteiger partial charge in [0.25, 0.3) is 5.91 Å². The van der Waals surface area contributed by atoms with Crippen LogP contribution in [0.1, 0.15) is 36.5 Å². The highest BCUT2D eigenvalue weighted by molar-refractivity contribution is 9.09. The van der Waals surface area contributed by atoms with Gasteiger partial charge >= 0.3 is 0 Å². The van der Waals surface area contributed by atoms with Crippen LogP contribution in [0.3, 0.4) is 0 Å². The van der Waals surface area contributed by atoms with Gasteiger partial charge in [-0.05, 0) is 26.3 Å². The summed E-state index contributed by atoms with van der Waals surface area (Å²) < 4.78 is 1.72. The molecule has 1 unspecified atom stereocenters. The molecule has 0 aliphatic rings. The topological polar surface area (TPSA) is 46.9 Å². The lowest BCUT2D eigenvalue weighted by Gasteiger charge is -2.07. The zero-order chi connectivity index (χ0) is 12.1. The van der Waals surface area contributed by atoms with Gasteiger partial charge < -0.3 is 5.32 Å². The van der Waals surface area contributed by atoms with Crippen molar-refractivity contribution in [3.05, 3.63) is 17.5 Å². The van der Waals surface area contributed by atoms with E-state index in [0.717, 1.165) is 12.1 Å². The molecule has 1 N–H and O–H groups in total. The monoisotopic (exact) mass is 287 g/mol. The van der Waals surface area contributed by atoms with Gasteiger partial charge in [-0.25, -0.2) is 0 Å². The molecule has 1 aromatic heterocycles. The lowest BCUT2D eigenvalue weighted by atomic mass is 10.3. The third kappa shape index (κ3) is 3.63. The van der Waals surface area contributed by atoms with Crippen LogP contribution in [0.15, 0.2) is 6.07 Å². The van der Waals surface area contributed by atoms with Gasteiger partial charge in [0, 0.05) is 17.9 Å². The Bertz CT molecular complexity index is 360. The molecule has 0 bridgehead atoms. The summed E-state index contributed by atoms with van der Waals surface area (Å²) in [7, 11) is 0. The molecule has 0 aromatic carbocycles. The minimum absolute atomic E-state index is 0.0457. The molecule has 0 saturated heterocycles. The van der Waals surface area contributed by atoms with Crippen molar-refractivity contribution in [2.75, 3.05) is 6.54 Å². The van der Waals surface area contributed by atoms with E-state index in [-0.39, 0.29) is 5.91 Å². The molecule has 1 heterocycles. The summed E-state index contributed by atoms with van der Waals surface area (Å²) in [6.07, 6.45) is 0.922. The number of amides is 1. The van der Waals surface area contributed by atoms with Crippen LogP contribution in [0, 0.1) is 6.92 Å². The van der Waals surface area contributed by atoms with Crippen LogP contribution in [0.4, 0.5) is 0 Å². The second kappa shape index (κ2) is 6.03. The standard InChI is InChI=1S/C11H18BrN3O/c1-4-15-10(7-9(3)14-15)11(16)13-6-5-8(2)12/h7-8H,4-6H2,1-3H3,(H,13,16). The van der Waals surface area contributed by atoms with Crippen molar-refractivity contribution in [3.8, 4) is 0 Å². The van der Waals surface area contributed by atoms with E-state index in [1.54, 1.807) is 4.68 Å². The molecule has 1 atom stereocenters. The number of nitrogens with one attached hydrogen (secondary N) is 1. The van der Waals surface area contributed by atoms with Crippen LogP contribution in [-0.2, 0) is 6.54 Å². The Hall–Kier alpha value is -0.840. The molecule has 1 aromatic rings. The third-order valence-electron chi connectivity index (χ3n) is 2.26. The van der Waals surface area contributed by atoms with Crippen LogP contribution in [-0.4, -0.2) is 27.1 Å². The summed E-state index contributed by atoms with van der Waals surface area (Å²) in [6.45, 7) is 7.32. The first-order chi connectivity index (χ1) is 7.54. The Morgan fingerprint density at radius 3 is 2.94 bits per heavy atom. The molecule has 0 radical (unpaired) electrons. The molecule has 5 heteroatoms. The van der Waals surface area contributed by atoms with Gasteiger partial charge in [-0.2, -0.15) is 5.10 Å². The number of hydrogen-bond acceptors (Lipinski definition) is 2. The number of alkyl halides is 1. The van der Waals surface area contributed by atoms with Crippen LogP contribution in [0.5, 0.6) is 0 Å². The zero-order valence-electron chi connectivity index (χ0n) is 9.96. The Labute approximate surface area is 105 Å².